The Morgan fingerprint density at radius 1 is 1.44 bits per heavy atom. The van der Waals surface area contributed by atoms with Crippen LogP contribution in [0.15, 0.2) is 12.1 Å². The summed E-state index contributed by atoms with van der Waals surface area (Å²) in [6.45, 7) is 1.97. The minimum absolute atomic E-state index is 0.0529. The van der Waals surface area contributed by atoms with E-state index in [1.54, 1.807) is 0 Å². The normalized spacial score (nSPS) is 16.4. The van der Waals surface area contributed by atoms with Crippen molar-refractivity contribution in [1.82, 2.24) is 0 Å². The van der Waals surface area contributed by atoms with Gasteiger partial charge in [-0.3, -0.25) is 0 Å². The van der Waals surface area contributed by atoms with Gasteiger partial charge in [0.05, 0.1) is 5.69 Å². The lowest BCUT2D eigenvalue weighted by atomic mass is 10.1. The number of thiocarbonyl (C=S) groups is 1. The zero-order valence-electron chi connectivity index (χ0n) is 10.2. The Morgan fingerprint density at radius 3 is 2.67 bits per heavy atom. The summed E-state index contributed by atoms with van der Waals surface area (Å²) in [5, 5.41) is 2.99. The summed E-state index contributed by atoms with van der Waals surface area (Å²) in [4.78, 5) is -0.135. The van der Waals surface area contributed by atoms with Gasteiger partial charge in [0.15, 0.2) is 11.6 Å². The number of nitrogens with one attached hydrogen (secondary N) is 1. The van der Waals surface area contributed by atoms with Gasteiger partial charge in [0.1, 0.15) is 4.99 Å². The molecular weight excluding hydrogens is 254 g/mol. The van der Waals surface area contributed by atoms with Crippen LogP contribution in [0.4, 0.5) is 14.5 Å². The second-order valence-electron chi connectivity index (χ2n) is 4.88. The lowest BCUT2D eigenvalue weighted by Gasteiger charge is -2.16. The smallest absolute Gasteiger partial charge is 0.182 e. The van der Waals surface area contributed by atoms with Crippen molar-refractivity contribution in [3.8, 4) is 0 Å². The van der Waals surface area contributed by atoms with Gasteiger partial charge in [-0.2, -0.15) is 0 Å². The first-order chi connectivity index (χ1) is 8.49. The summed E-state index contributed by atoms with van der Waals surface area (Å²) in [5.41, 5.74) is 5.43. The van der Waals surface area contributed by atoms with Crippen LogP contribution < -0.4 is 11.1 Å². The Morgan fingerprint density at radius 2 is 2.11 bits per heavy atom. The molecule has 0 aromatic heterocycles. The zero-order chi connectivity index (χ0) is 13.3. The standard InChI is InChI=1S/C13H16F2N2S/c1-7(6-8-2-3-8)17-10-5-4-9(13(16)18)11(14)12(10)15/h4-5,7-8,17H,2-3,6H2,1H3,(H2,16,18). The van der Waals surface area contributed by atoms with Crippen molar-refractivity contribution in [2.24, 2.45) is 11.7 Å². The van der Waals surface area contributed by atoms with Crippen LogP contribution in [0.2, 0.25) is 0 Å². The highest BCUT2D eigenvalue weighted by atomic mass is 32.1. The van der Waals surface area contributed by atoms with Gasteiger partial charge in [0, 0.05) is 11.6 Å². The van der Waals surface area contributed by atoms with Crippen molar-refractivity contribution in [2.75, 3.05) is 5.32 Å². The predicted molar refractivity (Wildman–Crippen MR) is 72.7 cm³/mol. The van der Waals surface area contributed by atoms with Gasteiger partial charge in [0.2, 0.25) is 0 Å². The fourth-order valence-corrected chi connectivity index (χ4v) is 2.19. The van der Waals surface area contributed by atoms with Crippen LogP contribution in [-0.4, -0.2) is 11.0 Å². The number of hydrogen-bond acceptors (Lipinski definition) is 2. The third-order valence-electron chi connectivity index (χ3n) is 3.13. The molecule has 1 aliphatic rings. The summed E-state index contributed by atoms with van der Waals surface area (Å²) in [6.07, 6.45) is 3.46. The van der Waals surface area contributed by atoms with E-state index < -0.39 is 11.6 Å². The van der Waals surface area contributed by atoms with E-state index in [0.717, 1.165) is 12.3 Å². The molecule has 1 saturated carbocycles. The molecule has 1 unspecified atom stereocenters. The molecule has 2 rings (SSSR count). The minimum Gasteiger partial charge on any atom is -0.389 e. The Balaban J connectivity index is 2.13. The Labute approximate surface area is 111 Å². The number of benzene rings is 1. The fraction of sp³-hybridized carbons (Fsp3) is 0.462. The van der Waals surface area contributed by atoms with Crippen molar-refractivity contribution in [1.29, 1.82) is 0 Å². The fourth-order valence-electron chi connectivity index (χ4n) is 2.03. The number of rotatable bonds is 5. The zero-order valence-corrected chi connectivity index (χ0v) is 11.0. The average Bonchev–Trinajstić information content (AvgIpc) is 3.08. The van der Waals surface area contributed by atoms with E-state index in [1.807, 2.05) is 6.92 Å². The van der Waals surface area contributed by atoms with E-state index in [0.29, 0.717) is 0 Å². The van der Waals surface area contributed by atoms with Crippen LogP contribution in [0.5, 0.6) is 0 Å². The Bertz CT molecular complexity index is 472. The molecule has 1 fully saturated rings. The molecule has 1 aromatic carbocycles. The maximum absolute atomic E-state index is 13.8. The van der Waals surface area contributed by atoms with E-state index in [9.17, 15) is 8.78 Å². The van der Waals surface area contributed by atoms with Crippen LogP contribution in [-0.2, 0) is 0 Å². The van der Waals surface area contributed by atoms with Gasteiger partial charge in [-0.25, -0.2) is 8.78 Å². The molecule has 2 nitrogen and oxygen atoms in total. The molecule has 0 saturated heterocycles. The third-order valence-corrected chi connectivity index (χ3v) is 3.35. The van der Waals surface area contributed by atoms with Gasteiger partial charge in [-0.05, 0) is 31.4 Å². The Hall–Kier alpha value is -1.23. The number of anilines is 1. The van der Waals surface area contributed by atoms with Gasteiger partial charge in [-0.15, -0.1) is 0 Å². The van der Waals surface area contributed by atoms with Crippen LogP contribution in [0.25, 0.3) is 0 Å². The molecule has 5 heteroatoms. The maximum Gasteiger partial charge on any atom is 0.182 e. The van der Waals surface area contributed by atoms with Crippen molar-refractivity contribution in [3.63, 3.8) is 0 Å². The quantitative estimate of drug-likeness (QED) is 0.807. The molecule has 0 radical (unpaired) electrons. The van der Waals surface area contributed by atoms with Crippen molar-refractivity contribution < 1.29 is 8.78 Å². The lowest BCUT2D eigenvalue weighted by Crippen LogP contribution is -2.18. The highest BCUT2D eigenvalue weighted by molar-refractivity contribution is 7.80. The van der Waals surface area contributed by atoms with E-state index in [-0.39, 0.29) is 22.3 Å². The molecule has 0 amide bonds. The Kier molecular flexibility index (Phi) is 3.80. The van der Waals surface area contributed by atoms with Crippen molar-refractivity contribution in [3.05, 3.63) is 29.3 Å². The molecule has 18 heavy (non-hydrogen) atoms. The lowest BCUT2D eigenvalue weighted by molar-refractivity contribution is 0.507. The number of nitrogens with two attached hydrogens (primary N) is 1. The summed E-state index contributed by atoms with van der Waals surface area (Å²) in [7, 11) is 0. The van der Waals surface area contributed by atoms with Gasteiger partial charge in [-0.1, -0.05) is 25.1 Å². The molecular formula is C13H16F2N2S. The molecule has 98 valence electrons. The number of halogens is 2. The molecule has 0 aliphatic heterocycles. The van der Waals surface area contributed by atoms with E-state index >= 15 is 0 Å². The van der Waals surface area contributed by atoms with Crippen molar-refractivity contribution in [2.45, 2.75) is 32.2 Å². The first kappa shape index (κ1) is 13.2. The van der Waals surface area contributed by atoms with Crippen LogP contribution >= 0.6 is 12.2 Å². The van der Waals surface area contributed by atoms with E-state index in [1.165, 1.54) is 25.0 Å². The highest BCUT2D eigenvalue weighted by Gasteiger charge is 2.24. The van der Waals surface area contributed by atoms with Crippen LogP contribution in [0.1, 0.15) is 31.7 Å². The summed E-state index contributed by atoms with van der Waals surface area (Å²) < 4.78 is 27.4. The maximum atomic E-state index is 13.8. The SMILES string of the molecule is CC(CC1CC1)Nc1ccc(C(N)=S)c(F)c1F. The van der Waals surface area contributed by atoms with E-state index in [2.05, 4.69) is 17.5 Å². The first-order valence-corrected chi connectivity index (χ1v) is 6.44. The van der Waals surface area contributed by atoms with Crippen molar-refractivity contribution >= 4 is 22.9 Å². The molecule has 0 spiro atoms. The minimum atomic E-state index is -0.980. The van der Waals surface area contributed by atoms with Gasteiger partial charge < -0.3 is 11.1 Å². The monoisotopic (exact) mass is 270 g/mol. The number of hydrogen-bond donors (Lipinski definition) is 2. The largest absolute Gasteiger partial charge is 0.389 e. The second kappa shape index (κ2) is 5.18. The second-order valence-corrected chi connectivity index (χ2v) is 5.32. The molecule has 3 N–H and O–H groups in total. The first-order valence-electron chi connectivity index (χ1n) is 6.03. The summed E-state index contributed by atoms with van der Waals surface area (Å²) in [5.74, 6) is -1.16. The van der Waals surface area contributed by atoms with Gasteiger partial charge in [0.25, 0.3) is 0 Å². The third kappa shape index (κ3) is 2.96. The van der Waals surface area contributed by atoms with Crippen LogP contribution in [0, 0.1) is 17.6 Å². The summed E-state index contributed by atoms with van der Waals surface area (Å²) in [6, 6.07) is 3.02. The molecule has 0 bridgehead atoms. The average molecular weight is 270 g/mol. The van der Waals surface area contributed by atoms with E-state index in [4.69, 9.17) is 5.73 Å². The predicted octanol–water partition coefficient (Wildman–Crippen LogP) is 3.20. The molecule has 1 aliphatic carbocycles. The van der Waals surface area contributed by atoms with Crippen LogP contribution in [0.3, 0.4) is 0 Å². The highest BCUT2D eigenvalue weighted by Crippen LogP contribution is 2.34. The molecule has 0 heterocycles. The topological polar surface area (TPSA) is 38.0 Å². The summed E-state index contributed by atoms with van der Waals surface area (Å²) >= 11 is 4.66. The molecule has 1 atom stereocenters. The van der Waals surface area contributed by atoms with Gasteiger partial charge >= 0.3 is 0 Å². The molecule has 1 aromatic rings.